The van der Waals surface area contributed by atoms with Crippen molar-refractivity contribution in [1.29, 1.82) is 0 Å². The van der Waals surface area contributed by atoms with Gasteiger partial charge in [-0.2, -0.15) is 0 Å². The predicted octanol–water partition coefficient (Wildman–Crippen LogP) is 3.21. The molecule has 18 heavy (non-hydrogen) atoms. The lowest BCUT2D eigenvalue weighted by atomic mass is 10.1. The Hall–Kier alpha value is -1.87. The minimum atomic E-state index is 0.715. The van der Waals surface area contributed by atoms with Crippen LogP contribution in [0.5, 0.6) is 0 Å². The molecule has 90 valence electrons. The van der Waals surface area contributed by atoms with Crippen molar-refractivity contribution in [3.05, 3.63) is 59.0 Å². The summed E-state index contributed by atoms with van der Waals surface area (Å²) in [6.07, 6.45) is 2.50. The van der Waals surface area contributed by atoms with Gasteiger partial charge in [0.05, 0.1) is 0 Å². The lowest BCUT2D eigenvalue weighted by Crippen LogP contribution is -2.00. The van der Waals surface area contributed by atoms with Crippen LogP contribution in [-0.2, 0) is 13.5 Å². The topological polar surface area (TPSA) is 30.7 Å². The number of hydrogen-bond donors (Lipinski definition) is 0. The summed E-state index contributed by atoms with van der Waals surface area (Å²) in [6.45, 7) is 0. The molecule has 0 aliphatic rings. The van der Waals surface area contributed by atoms with Crippen LogP contribution in [0.25, 0.3) is 11.2 Å². The number of fused-ring (bicyclic) bond motifs is 1. The molecule has 0 aliphatic heterocycles. The smallest absolute Gasteiger partial charge is 0.159 e. The van der Waals surface area contributed by atoms with Crippen LogP contribution in [0.4, 0.5) is 0 Å². The Bertz CT molecular complexity index is 703. The van der Waals surface area contributed by atoms with Gasteiger partial charge >= 0.3 is 0 Å². The highest BCUT2D eigenvalue weighted by Gasteiger charge is 2.10. The van der Waals surface area contributed by atoms with Gasteiger partial charge in [-0.25, -0.2) is 9.97 Å². The molecular weight excluding hydrogens is 246 g/mol. The van der Waals surface area contributed by atoms with Crippen LogP contribution in [0.1, 0.15) is 11.4 Å². The van der Waals surface area contributed by atoms with Crippen molar-refractivity contribution in [1.82, 2.24) is 14.5 Å². The van der Waals surface area contributed by atoms with Crippen molar-refractivity contribution < 1.29 is 0 Å². The van der Waals surface area contributed by atoms with E-state index in [1.807, 2.05) is 48.0 Å². The Morgan fingerprint density at radius 3 is 2.78 bits per heavy atom. The van der Waals surface area contributed by atoms with E-state index in [-0.39, 0.29) is 0 Å². The molecule has 0 spiro atoms. The number of pyridine rings is 1. The van der Waals surface area contributed by atoms with Crippen molar-refractivity contribution >= 4 is 22.8 Å². The van der Waals surface area contributed by atoms with Crippen LogP contribution >= 0.6 is 11.6 Å². The van der Waals surface area contributed by atoms with Crippen LogP contribution in [-0.4, -0.2) is 14.5 Å². The number of hydrogen-bond acceptors (Lipinski definition) is 2. The molecule has 0 unspecified atom stereocenters. The van der Waals surface area contributed by atoms with Crippen molar-refractivity contribution in [2.75, 3.05) is 0 Å². The molecule has 1 aromatic carbocycles. The first-order valence-electron chi connectivity index (χ1n) is 5.75. The lowest BCUT2D eigenvalue weighted by molar-refractivity contribution is 0.836. The second-order valence-electron chi connectivity index (χ2n) is 4.20. The molecule has 0 atom stereocenters. The zero-order chi connectivity index (χ0) is 12.5. The Labute approximate surface area is 110 Å². The molecule has 2 aromatic heterocycles. The first-order valence-corrected chi connectivity index (χ1v) is 6.13. The van der Waals surface area contributed by atoms with Crippen molar-refractivity contribution in [2.24, 2.45) is 7.05 Å². The number of aryl methyl sites for hydroxylation is 1. The van der Waals surface area contributed by atoms with Crippen LogP contribution < -0.4 is 0 Å². The predicted molar refractivity (Wildman–Crippen MR) is 72.8 cm³/mol. The SMILES string of the molecule is Cn1c(Cc2ccccc2Cl)nc2cccnc21. The first kappa shape index (κ1) is 11.2. The lowest BCUT2D eigenvalue weighted by Gasteiger charge is -2.04. The van der Waals surface area contributed by atoms with Crippen LogP contribution in [0.3, 0.4) is 0 Å². The van der Waals surface area contributed by atoms with Gasteiger partial charge in [0, 0.05) is 24.7 Å². The fraction of sp³-hybridized carbons (Fsp3) is 0.143. The van der Waals surface area contributed by atoms with Gasteiger partial charge in [-0.15, -0.1) is 0 Å². The van der Waals surface area contributed by atoms with Gasteiger partial charge in [0.25, 0.3) is 0 Å². The molecule has 3 nitrogen and oxygen atoms in total. The molecule has 4 heteroatoms. The number of imidazole rings is 1. The highest BCUT2D eigenvalue weighted by atomic mass is 35.5. The van der Waals surface area contributed by atoms with Crippen molar-refractivity contribution in [2.45, 2.75) is 6.42 Å². The largest absolute Gasteiger partial charge is 0.316 e. The molecule has 0 N–H and O–H groups in total. The van der Waals surface area contributed by atoms with Gasteiger partial charge in [0.1, 0.15) is 11.3 Å². The van der Waals surface area contributed by atoms with Gasteiger partial charge in [-0.05, 0) is 23.8 Å². The Morgan fingerprint density at radius 1 is 1.17 bits per heavy atom. The fourth-order valence-corrected chi connectivity index (χ4v) is 2.24. The Balaban J connectivity index is 2.06. The third kappa shape index (κ3) is 1.87. The molecule has 3 rings (SSSR count). The summed E-state index contributed by atoms with van der Waals surface area (Å²) in [6, 6.07) is 11.7. The third-order valence-electron chi connectivity index (χ3n) is 3.03. The summed E-state index contributed by atoms with van der Waals surface area (Å²) in [7, 11) is 1.98. The fourth-order valence-electron chi connectivity index (χ4n) is 2.04. The number of benzene rings is 1. The zero-order valence-corrected chi connectivity index (χ0v) is 10.7. The quantitative estimate of drug-likeness (QED) is 0.706. The number of aromatic nitrogens is 3. The van der Waals surface area contributed by atoms with E-state index in [2.05, 4.69) is 9.97 Å². The number of halogens is 1. The second-order valence-corrected chi connectivity index (χ2v) is 4.61. The van der Waals surface area contributed by atoms with Crippen molar-refractivity contribution in [3.8, 4) is 0 Å². The Kier molecular flexibility index (Phi) is 2.76. The highest BCUT2D eigenvalue weighted by molar-refractivity contribution is 6.31. The maximum absolute atomic E-state index is 6.17. The van der Waals surface area contributed by atoms with E-state index in [1.54, 1.807) is 6.20 Å². The van der Waals surface area contributed by atoms with Gasteiger partial charge in [-0.1, -0.05) is 29.8 Å². The van der Waals surface area contributed by atoms with Gasteiger partial charge < -0.3 is 4.57 Å². The van der Waals surface area contributed by atoms with Gasteiger partial charge in [-0.3, -0.25) is 0 Å². The second kappa shape index (κ2) is 4.42. The number of rotatable bonds is 2. The summed E-state index contributed by atoms with van der Waals surface area (Å²) in [5.41, 5.74) is 2.90. The summed E-state index contributed by atoms with van der Waals surface area (Å²) in [5.74, 6) is 0.969. The standard InChI is InChI=1S/C14H12ClN3/c1-18-13(9-10-5-2-3-6-11(10)15)17-12-7-4-8-16-14(12)18/h2-8H,9H2,1H3. The molecule has 0 amide bonds. The third-order valence-corrected chi connectivity index (χ3v) is 3.40. The molecule has 0 bridgehead atoms. The van der Waals surface area contributed by atoms with Crippen molar-refractivity contribution in [3.63, 3.8) is 0 Å². The molecule has 2 heterocycles. The monoisotopic (exact) mass is 257 g/mol. The van der Waals surface area contributed by atoms with E-state index in [4.69, 9.17) is 11.6 Å². The van der Waals surface area contributed by atoms with E-state index >= 15 is 0 Å². The first-order chi connectivity index (χ1) is 8.75. The average Bonchev–Trinajstić information content (AvgIpc) is 2.70. The molecule has 0 saturated carbocycles. The molecule has 0 aliphatic carbocycles. The normalized spacial score (nSPS) is 11.0. The van der Waals surface area contributed by atoms with Gasteiger partial charge in [0.15, 0.2) is 5.65 Å². The molecular formula is C14H12ClN3. The summed E-state index contributed by atoms with van der Waals surface area (Å²) in [4.78, 5) is 8.92. The molecule has 0 fully saturated rings. The Morgan fingerprint density at radius 2 is 2.00 bits per heavy atom. The maximum atomic E-state index is 6.17. The highest BCUT2D eigenvalue weighted by Crippen LogP contribution is 2.20. The minimum absolute atomic E-state index is 0.715. The van der Waals surface area contributed by atoms with E-state index in [0.717, 1.165) is 27.6 Å². The summed E-state index contributed by atoms with van der Waals surface area (Å²) < 4.78 is 2.01. The average molecular weight is 258 g/mol. The zero-order valence-electron chi connectivity index (χ0n) is 9.97. The molecule has 3 aromatic rings. The van der Waals surface area contributed by atoms with Crippen LogP contribution in [0.2, 0.25) is 5.02 Å². The molecule has 0 radical (unpaired) electrons. The van der Waals surface area contributed by atoms with E-state index in [9.17, 15) is 0 Å². The summed E-state index contributed by atoms with van der Waals surface area (Å²) >= 11 is 6.17. The molecule has 0 saturated heterocycles. The van der Waals surface area contributed by atoms with E-state index < -0.39 is 0 Å². The van der Waals surface area contributed by atoms with E-state index in [1.165, 1.54) is 0 Å². The van der Waals surface area contributed by atoms with Crippen LogP contribution in [0, 0.1) is 0 Å². The summed E-state index contributed by atoms with van der Waals surface area (Å²) in [5, 5.41) is 0.775. The van der Waals surface area contributed by atoms with Gasteiger partial charge in [0.2, 0.25) is 0 Å². The van der Waals surface area contributed by atoms with Crippen LogP contribution in [0.15, 0.2) is 42.6 Å². The maximum Gasteiger partial charge on any atom is 0.159 e. The number of nitrogens with zero attached hydrogens (tertiary/aromatic N) is 3. The van der Waals surface area contributed by atoms with E-state index in [0.29, 0.717) is 6.42 Å². The minimum Gasteiger partial charge on any atom is -0.316 e.